The highest BCUT2D eigenvalue weighted by Crippen LogP contribution is 2.18. The number of likely N-dealkylation sites (N-methyl/N-ethyl adjacent to an activating group) is 1. The van der Waals surface area contributed by atoms with E-state index in [0.29, 0.717) is 0 Å². The molecule has 84 valence electrons. The van der Waals surface area contributed by atoms with Gasteiger partial charge in [0.2, 0.25) is 0 Å². The van der Waals surface area contributed by atoms with E-state index in [1.807, 2.05) is 19.1 Å². The van der Waals surface area contributed by atoms with E-state index in [1.165, 1.54) is 0 Å². The van der Waals surface area contributed by atoms with Gasteiger partial charge in [0.25, 0.3) is 0 Å². The number of ether oxygens (including phenoxy) is 1. The van der Waals surface area contributed by atoms with Crippen LogP contribution in [0.2, 0.25) is 0 Å². The summed E-state index contributed by atoms with van der Waals surface area (Å²) in [4.78, 5) is 6.72. The van der Waals surface area contributed by atoms with Crippen LogP contribution in [0.15, 0.2) is 16.6 Å². The van der Waals surface area contributed by atoms with Gasteiger partial charge in [-0.3, -0.25) is 0 Å². The number of aryl methyl sites for hydroxylation is 1. The molecule has 0 aliphatic rings. The van der Waals surface area contributed by atoms with Crippen molar-refractivity contribution in [2.75, 3.05) is 31.7 Å². The summed E-state index contributed by atoms with van der Waals surface area (Å²) in [6, 6.07) is 4.06. The topological polar surface area (TPSA) is 25.4 Å². The molecule has 1 rings (SSSR count). The SMILES string of the molecule is CCN(CCOC)c1ccc(Br)c(C)n1. The fourth-order valence-corrected chi connectivity index (χ4v) is 1.56. The Morgan fingerprint density at radius 1 is 1.47 bits per heavy atom. The Kier molecular flexibility index (Phi) is 5.05. The maximum Gasteiger partial charge on any atom is 0.128 e. The third kappa shape index (κ3) is 3.47. The molecule has 0 radical (unpaired) electrons. The van der Waals surface area contributed by atoms with Gasteiger partial charge in [0.1, 0.15) is 5.82 Å². The number of rotatable bonds is 5. The van der Waals surface area contributed by atoms with Crippen LogP contribution in [0.1, 0.15) is 12.6 Å². The number of aromatic nitrogens is 1. The second-order valence-electron chi connectivity index (χ2n) is 3.31. The Balaban J connectivity index is 2.78. The van der Waals surface area contributed by atoms with Crippen LogP contribution in [0, 0.1) is 6.92 Å². The van der Waals surface area contributed by atoms with Crippen molar-refractivity contribution in [1.29, 1.82) is 0 Å². The van der Waals surface area contributed by atoms with Crippen molar-refractivity contribution in [3.05, 3.63) is 22.3 Å². The third-order valence-corrected chi connectivity index (χ3v) is 3.12. The van der Waals surface area contributed by atoms with Crippen molar-refractivity contribution in [2.24, 2.45) is 0 Å². The van der Waals surface area contributed by atoms with E-state index in [4.69, 9.17) is 4.74 Å². The van der Waals surface area contributed by atoms with Crippen LogP contribution >= 0.6 is 15.9 Å². The molecule has 1 aromatic heterocycles. The number of halogens is 1. The molecule has 0 aliphatic carbocycles. The predicted molar refractivity (Wildman–Crippen MR) is 66.4 cm³/mol. The van der Waals surface area contributed by atoms with Crippen molar-refractivity contribution in [2.45, 2.75) is 13.8 Å². The fourth-order valence-electron chi connectivity index (χ4n) is 1.34. The van der Waals surface area contributed by atoms with E-state index < -0.39 is 0 Å². The van der Waals surface area contributed by atoms with Gasteiger partial charge in [0.05, 0.1) is 12.3 Å². The lowest BCUT2D eigenvalue weighted by atomic mass is 10.3. The van der Waals surface area contributed by atoms with Crippen molar-refractivity contribution in [1.82, 2.24) is 4.98 Å². The van der Waals surface area contributed by atoms with Crippen LogP contribution in [0.3, 0.4) is 0 Å². The first-order chi connectivity index (χ1) is 7.19. The van der Waals surface area contributed by atoms with E-state index in [2.05, 4.69) is 32.7 Å². The molecule has 0 saturated heterocycles. The minimum atomic E-state index is 0.727. The first kappa shape index (κ1) is 12.5. The standard InChI is InChI=1S/C11H17BrN2O/c1-4-14(7-8-15-3)11-6-5-10(12)9(2)13-11/h5-6H,4,7-8H2,1-3H3. The summed E-state index contributed by atoms with van der Waals surface area (Å²) in [5.74, 6) is 1.01. The van der Waals surface area contributed by atoms with E-state index in [-0.39, 0.29) is 0 Å². The molecule has 0 amide bonds. The second-order valence-corrected chi connectivity index (χ2v) is 4.16. The molecular weight excluding hydrogens is 256 g/mol. The lowest BCUT2D eigenvalue weighted by Gasteiger charge is -2.21. The normalized spacial score (nSPS) is 10.4. The minimum Gasteiger partial charge on any atom is -0.383 e. The molecule has 1 heterocycles. The minimum absolute atomic E-state index is 0.727. The molecule has 3 nitrogen and oxygen atoms in total. The molecule has 0 bridgehead atoms. The summed E-state index contributed by atoms with van der Waals surface area (Å²) in [5.41, 5.74) is 1.02. The van der Waals surface area contributed by atoms with Crippen molar-refractivity contribution < 1.29 is 4.74 Å². The average molecular weight is 273 g/mol. The summed E-state index contributed by atoms with van der Waals surface area (Å²) in [6.45, 7) is 6.66. The van der Waals surface area contributed by atoms with Gasteiger partial charge in [0.15, 0.2) is 0 Å². The van der Waals surface area contributed by atoms with E-state index >= 15 is 0 Å². The fraction of sp³-hybridized carbons (Fsp3) is 0.545. The summed E-state index contributed by atoms with van der Waals surface area (Å²) >= 11 is 3.45. The van der Waals surface area contributed by atoms with Crippen LogP contribution in [0.4, 0.5) is 5.82 Å². The third-order valence-electron chi connectivity index (χ3n) is 2.28. The molecule has 4 heteroatoms. The van der Waals surface area contributed by atoms with Crippen molar-refractivity contribution >= 4 is 21.7 Å². The van der Waals surface area contributed by atoms with Gasteiger partial charge in [-0.15, -0.1) is 0 Å². The smallest absolute Gasteiger partial charge is 0.128 e. The molecule has 0 aromatic carbocycles. The summed E-state index contributed by atoms with van der Waals surface area (Å²) < 4.78 is 6.12. The zero-order chi connectivity index (χ0) is 11.3. The Morgan fingerprint density at radius 2 is 2.20 bits per heavy atom. The van der Waals surface area contributed by atoms with Gasteiger partial charge in [0, 0.05) is 24.7 Å². The predicted octanol–water partition coefficient (Wildman–Crippen LogP) is 2.63. The number of methoxy groups -OCH3 is 1. The maximum absolute atomic E-state index is 5.07. The highest BCUT2D eigenvalue weighted by atomic mass is 79.9. The van der Waals surface area contributed by atoms with Crippen LogP contribution in [0.25, 0.3) is 0 Å². The summed E-state index contributed by atoms with van der Waals surface area (Å²) in [6.07, 6.45) is 0. The van der Waals surface area contributed by atoms with Gasteiger partial charge >= 0.3 is 0 Å². The van der Waals surface area contributed by atoms with Crippen LogP contribution in [-0.4, -0.2) is 31.8 Å². The molecule has 0 aliphatic heterocycles. The molecule has 0 fully saturated rings. The number of pyridine rings is 1. The molecule has 15 heavy (non-hydrogen) atoms. The first-order valence-electron chi connectivity index (χ1n) is 5.06. The molecule has 0 unspecified atom stereocenters. The number of anilines is 1. The van der Waals surface area contributed by atoms with E-state index in [1.54, 1.807) is 7.11 Å². The Bertz CT molecular complexity index is 317. The largest absolute Gasteiger partial charge is 0.383 e. The van der Waals surface area contributed by atoms with Gasteiger partial charge < -0.3 is 9.64 Å². The number of hydrogen-bond donors (Lipinski definition) is 0. The zero-order valence-electron chi connectivity index (χ0n) is 9.46. The lowest BCUT2D eigenvalue weighted by Crippen LogP contribution is -2.27. The summed E-state index contributed by atoms with van der Waals surface area (Å²) in [7, 11) is 1.72. The average Bonchev–Trinajstić information content (AvgIpc) is 2.24. The highest BCUT2D eigenvalue weighted by Gasteiger charge is 2.06. The number of nitrogens with zero attached hydrogens (tertiary/aromatic N) is 2. The molecular formula is C11H17BrN2O. The second kappa shape index (κ2) is 6.08. The van der Waals surface area contributed by atoms with Crippen LogP contribution < -0.4 is 4.90 Å². The quantitative estimate of drug-likeness (QED) is 0.824. The van der Waals surface area contributed by atoms with Crippen LogP contribution in [0.5, 0.6) is 0 Å². The van der Waals surface area contributed by atoms with E-state index in [0.717, 1.165) is 35.7 Å². The van der Waals surface area contributed by atoms with E-state index in [9.17, 15) is 0 Å². The highest BCUT2D eigenvalue weighted by molar-refractivity contribution is 9.10. The van der Waals surface area contributed by atoms with Gasteiger partial charge in [-0.25, -0.2) is 4.98 Å². The maximum atomic E-state index is 5.07. The Hall–Kier alpha value is -0.610. The van der Waals surface area contributed by atoms with Gasteiger partial charge in [-0.1, -0.05) is 0 Å². The zero-order valence-corrected chi connectivity index (χ0v) is 11.0. The molecule has 0 saturated carbocycles. The monoisotopic (exact) mass is 272 g/mol. The Labute approximate surface area is 99.6 Å². The first-order valence-corrected chi connectivity index (χ1v) is 5.85. The van der Waals surface area contributed by atoms with Crippen LogP contribution in [-0.2, 0) is 4.74 Å². The number of hydrogen-bond acceptors (Lipinski definition) is 3. The molecule has 1 aromatic rings. The summed E-state index contributed by atoms with van der Waals surface area (Å²) in [5, 5.41) is 0. The van der Waals surface area contributed by atoms with Crippen molar-refractivity contribution in [3.8, 4) is 0 Å². The molecule has 0 atom stereocenters. The van der Waals surface area contributed by atoms with Gasteiger partial charge in [-0.05, 0) is 41.9 Å². The molecule has 0 spiro atoms. The Morgan fingerprint density at radius 3 is 2.73 bits per heavy atom. The van der Waals surface area contributed by atoms with Crippen molar-refractivity contribution in [3.63, 3.8) is 0 Å². The molecule has 0 N–H and O–H groups in total. The van der Waals surface area contributed by atoms with Gasteiger partial charge in [-0.2, -0.15) is 0 Å². The lowest BCUT2D eigenvalue weighted by molar-refractivity contribution is 0.205.